The first-order valence-corrected chi connectivity index (χ1v) is 14.1. The Morgan fingerprint density at radius 2 is 1.47 bits per heavy atom. The molecule has 5 aromatic carbocycles. The molecule has 1 heterocycles. The standard InChI is InChI=1S/C37H33NO5/c1-38(2)29-17-15-28(16-18-29)37(27-13-9-6-10-14-27)20-19-31-26(24-42-36(39)25-11-7-5-8-12-25)21-32-33(35(31)43-37)22-30(40-3)23-34(32)41-4/h5-23H,24H2,1-4H3. The van der Waals surface area contributed by atoms with Gasteiger partial charge in [-0.05, 0) is 42.5 Å². The monoisotopic (exact) mass is 571 g/mol. The molecule has 0 aromatic heterocycles. The van der Waals surface area contributed by atoms with Crippen LogP contribution in [0.5, 0.6) is 17.2 Å². The van der Waals surface area contributed by atoms with E-state index >= 15 is 0 Å². The van der Waals surface area contributed by atoms with E-state index in [1.165, 1.54) is 0 Å². The maximum absolute atomic E-state index is 12.9. The zero-order valence-corrected chi connectivity index (χ0v) is 24.7. The van der Waals surface area contributed by atoms with Crippen molar-refractivity contribution in [2.45, 2.75) is 12.2 Å². The van der Waals surface area contributed by atoms with E-state index in [1.54, 1.807) is 26.4 Å². The number of hydrogen-bond donors (Lipinski definition) is 0. The summed E-state index contributed by atoms with van der Waals surface area (Å²) in [6.07, 6.45) is 4.16. The average Bonchev–Trinajstić information content (AvgIpc) is 3.07. The molecule has 216 valence electrons. The normalized spacial score (nSPS) is 15.3. The van der Waals surface area contributed by atoms with Crippen LogP contribution in [0, 0.1) is 0 Å². The summed E-state index contributed by atoms with van der Waals surface area (Å²) < 4.78 is 24.4. The fraction of sp³-hybridized carbons (Fsp3) is 0.162. The van der Waals surface area contributed by atoms with Crippen molar-refractivity contribution in [3.63, 3.8) is 0 Å². The summed E-state index contributed by atoms with van der Waals surface area (Å²) in [5, 5.41) is 1.66. The quantitative estimate of drug-likeness (QED) is 0.179. The summed E-state index contributed by atoms with van der Waals surface area (Å²) in [4.78, 5) is 15.0. The molecule has 0 radical (unpaired) electrons. The summed E-state index contributed by atoms with van der Waals surface area (Å²) in [7, 11) is 7.30. The maximum Gasteiger partial charge on any atom is 0.338 e. The molecular formula is C37H33NO5. The molecule has 6 heteroatoms. The summed E-state index contributed by atoms with van der Waals surface area (Å²) in [5.41, 5.74) is 4.27. The predicted molar refractivity (Wildman–Crippen MR) is 170 cm³/mol. The highest BCUT2D eigenvalue weighted by Crippen LogP contribution is 2.48. The topological polar surface area (TPSA) is 57.2 Å². The molecule has 43 heavy (non-hydrogen) atoms. The molecule has 0 saturated carbocycles. The SMILES string of the molecule is COc1cc(OC)c2cc(COC(=O)c3ccccc3)c3c(c2c1)OC(c1ccccc1)(c1ccc(N(C)C)cc1)C=C3. The summed E-state index contributed by atoms with van der Waals surface area (Å²) in [5.74, 6) is 1.54. The molecule has 6 nitrogen and oxygen atoms in total. The molecular weight excluding hydrogens is 538 g/mol. The lowest BCUT2D eigenvalue weighted by molar-refractivity contribution is 0.0471. The number of ether oxygens (including phenoxy) is 4. The molecule has 1 unspecified atom stereocenters. The van der Waals surface area contributed by atoms with Gasteiger partial charge in [-0.25, -0.2) is 4.79 Å². The van der Waals surface area contributed by atoms with Gasteiger partial charge in [0, 0.05) is 58.9 Å². The molecule has 5 aromatic rings. The van der Waals surface area contributed by atoms with E-state index in [0.717, 1.165) is 38.7 Å². The Kier molecular flexibility index (Phi) is 7.51. The van der Waals surface area contributed by atoms with Crippen LogP contribution in [0.3, 0.4) is 0 Å². The van der Waals surface area contributed by atoms with Crippen molar-refractivity contribution in [2.24, 2.45) is 0 Å². The van der Waals surface area contributed by atoms with Gasteiger partial charge in [-0.15, -0.1) is 0 Å². The van der Waals surface area contributed by atoms with Crippen molar-refractivity contribution < 1.29 is 23.7 Å². The zero-order chi connectivity index (χ0) is 30.0. The van der Waals surface area contributed by atoms with Crippen LogP contribution in [-0.2, 0) is 16.9 Å². The van der Waals surface area contributed by atoms with Crippen molar-refractivity contribution in [2.75, 3.05) is 33.2 Å². The van der Waals surface area contributed by atoms with E-state index in [-0.39, 0.29) is 6.61 Å². The fourth-order valence-corrected chi connectivity index (χ4v) is 5.55. The highest BCUT2D eigenvalue weighted by Gasteiger charge is 2.38. The van der Waals surface area contributed by atoms with E-state index in [4.69, 9.17) is 18.9 Å². The molecule has 1 aliphatic heterocycles. The lowest BCUT2D eigenvalue weighted by Gasteiger charge is -2.37. The van der Waals surface area contributed by atoms with Crippen LogP contribution in [0.25, 0.3) is 16.8 Å². The van der Waals surface area contributed by atoms with Crippen LogP contribution in [0.2, 0.25) is 0 Å². The first-order valence-electron chi connectivity index (χ1n) is 14.1. The summed E-state index contributed by atoms with van der Waals surface area (Å²) in [6.45, 7) is 0.0603. The van der Waals surface area contributed by atoms with E-state index in [1.807, 2.05) is 68.7 Å². The highest BCUT2D eigenvalue weighted by atomic mass is 16.5. The third-order valence-corrected chi connectivity index (χ3v) is 7.86. The van der Waals surface area contributed by atoms with E-state index in [9.17, 15) is 4.79 Å². The first-order chi connectivity index (χ1) is 20.9. The number of methoxy groups -OCH3 is 2. The van der Waals surface area contributed by atoms with Crippen molar-refractivity contribution in [3.8, 4) is 17.2 Å². The second kappa shape index (κ2) is 11.6. The number of fused-ring (bicyclic) bond motifs is 3. The van der Waals surface area contributed by atoms with Gasteiger partial charge in [0.15, 0.2) is 5.60 Å². The molecule has 0 N–H and O–H groups in total. The van der Waals surface area contributed by atoms with Crippen LogP contribution >= 0.6 is 0 Å². The third kappa shape index (κ3) is 5.17. The highest BCUT2D eigenvalue weighted by molar-refractivity contribution is 5.99. The van der Waals surface area contributed by atoms with Crippen LogP contribution in [-0.4, -0.2) is 34.3 Å². The average molecular weight is 572 g/mol. The number of carbonyl (C=O) groups is 1. The van der Waals surface area contributed by atoms with Crippen molar-refractivity contribution in [3.05, 3.63) is 137 Å². The van der Waals surface area contributed by atoms with Crippen molar-refractivity contribution in [1.82, 2.24) is 0 Å². The second-order valence-corrected chi connectivity index (χ2v) is 10.6. The Balaban J connectivity index is 1.53. The van der Waals surface area contributed by atoms with Gasteiger partial charge in [0.2, 0.25) is 0 Å². The first kappa shape index (κ1) is 27.9. The summed E-state index contributed by atoms with van der Waals surface area (Å²) >= 11 is 0. The molecule has 0 bridgehead atoms. The number of benzene rings is 5. The molecule has 1 atom stereocenters. The number of carbonyl (C=O) groups excluding carboxylic acids is 1. The lowest BCUT2D eigenvalue weighted by atomic mass is 9.82. The van der Waals surface area contributed by atoms with Gasteiger partial charge in [-0.2, -0.15) is 0 Å². The molecule has 0 saturated heterocycles. The van der Waals surface area contributed by atoms with E-state index in [0.29, 0.717) is 22.8 Å². The fourth-order valence-electron chi connectivity index (χ4n) is 5.55. The number of nitrogens with zero attached hydrogens (tertiary/aromatic N) is 1. The second-order valence-electron chi connectivity index (χ2n) is 10.6. The number of hydrogen-bond acceptors (Lipinski definition) is 6. The maximum atomic E-state index is 12.9. The van der Waals surface area contributed by atoms with Gasteiger partial charge in [0.1, 0.15) is 23.9 Å². The van der Waals surface area contributed by atoms with Gasteiger partial charge in [-0.3, -0.25) is 0 Å². The van der Waals surface area contributed by atoms with E-state index in [2.05, 4.69) is 53.5 Å². The number of rotatable bonds is 8. The van der Waals surface area contributed by atoms with Gasteiger partial charge in [0.05, 0.1) is 19.8 Å². The van der Waals surface area contributed by atoms with Crippen LogP contribution in [0.15, 0.2) is 109 Å². The summed E-state index contributed by atoms with van der Waals surface area (Å²) in [6, 6.07) is 33.4. The van der Waals surface area contributed by atoms with Crippen molar-refractivity contribution in [1.29, 1.82) is 0 Å². The molecule has 0 fully saturated rings. The molecule has 0 spiro atoms. The number of esters is 1. The van der Waals surface area contributed by atoms with Gasteiger partial charge < -0.3 is 23.8 Å². The van der Waals surface area contributed by atoms with Crippen LogP contribution in [0.1, 0.15) is 32.6 Å². The Bertz CT molecular complexity index is 1800. The van der Waals surface area contributed by atoms with Crippen LogP contribution in [0.4, 0.5) is 5.69 Å². The zero-order valence-electron chi connectivity index (χ0n) is 24.7. The number of anilines is 1. The molecule has 0 aliphatic carbocycles. The van der Waals surface area contributed by atoms with Crippen LogP contribution < -0.4 is 19.1 Å². The Labute approximate surface area is 251 Å². The van der Waals surface area contributed by atoms with Crippen molar-refractivity contribution >= 4 is 28.5 Å². The minimum absolute atomic E-state index is 0.0603. The Morgan fingerprint density at radius 3 is 2.12 bits per heavy atom. The third-order valence-electron chi connectivity index (χ3n) is 7.86. The van der Waals surface area contributed by atoms with E-state index < -0.39 is 11.6 Å². The minimum atomic E-state index is -0.915. The largest absolute Gasteiger partial charge is 0.497 e. The smallest absolute Gasteiger partial charge is 0.338 e. The predicted octanol–water partition coefficient (Wildman–Crippen LogP) is 7.63. The molecule has 0 amide bonds. The minimum Gasteiger partial charge on any atom is -0.497 e. The molecule has 1 aliphatic rings. The molecule has 6 rings (SSSR count). The van der Waals surface area contributed by atoms with Gasteiger partial charge in [0.25, 0.3) is 0 Å². The Hall–Kier alpha value is -5.23. The van der Waals surface area contributed by atoms with Gasteiger partial charge in [-0.1, -0.05) is 66.7 Å². The lowest BCUT2D eigenvalue weighted by Crippen LogP contribution is -2.34. The Morgan fingerprint density at radius 1 is 0.791 bits per heavy atom. The van der Waals surface area contributed by atoms with Gasteiger partial charge >= 0.3 is 5.97 Å².